The molecule has 2 heterocycles. The van der Waals surface area contributed by atoms with Crippen LogP contribution in [-0.4, -0.2) is 46.5 Å². The Labute approximate surface area is 155 Å². The molecule has 1 aliphatic rings. The molecule has 1 atom stereocenters. The van der Waals surface area contributed by atoms with Crippen LogP contribution in [-0.2, 0) is 4.74 Å². The van der Waals surface area contributed by atoms with Gasteiger partial charge < -0.3 is 15.0 Å². The number of likely N-dealkylation sites (tertiary alicyclic amines) is 1. The van der Waals surface area contributed by atoms with Gasteiger partial charge in [0, 0.05) is 31.1 Å². The van der Waals surface area contributed by atoms with Gasteiger partial charge in [-0.15, -0.1) is 0 Å². The molecule has 0 bridgehead atoms. The van der Waals surface area contributed by atoms with E-state index in [1.807, 2.05) is 53.8 Å². The molecular weight excluding hydrogens is 328 g/mol. The Kier molecular flexibility index (Phi) is 5.93. The van der Waals surface area contributed by atoms with Crippen LogP contribution in [0, 0.1) is 13.8 Å². The summed E-state index contributed by atoms with van der Waals surface area (Å²) in [4.78, 5) is 14.5. The minimum atomic E-state index is -0.0692. The summed E-state index contributed by atoms with van der Waals surface area (Å²) in [7, 11) is 0. The molecule has 1 saturated heterocycles. The molecule has 140 valence electrons. The number of ether oxygens (including phenoxy) is 1. The number of aromatic nitrogens is 2. The highest BCUT2D eigenvalue weighted by Gasteiger charge is 2.24. The highest BCUT2D eigenvalue weighted by atomic mass is 16.5. The first kappa shape index (κ1) is 18.5. The Morgan fingerprint density at radius 1 is 1.35 bits per heavy atom. The summed E-state index contributed by atoms with van der Waals surface area (Å²) in [5.74, 6) is 0. The molecule has 6 heteroatoms. The van der Waals surface area contributed by atoms with Crippen LogP contribution in [0.1, 0.15) is 37.6 Å². The number of amides is 2. The van der Waals surface area contributed by atoms with Crippen molar-refractivity contribution in [2.24, 2.45) is 0 Å². The predicted octanol–water partition coefficient (Wildman–Crippen LogP) is 3.91. The topological polar surface area (TPSA) is 59.4 Å². The number of piperidine rings is 1. The van der Waals surface area contributed by atoms with E-state index in [1.165, 1.54) is 0 Å². The van der Waals surface area contributed by atoms with E-state index in [9.17, 15) is 4.79 Å². The lowest BCUT2D eigenvalue weighted by atomic mass is 10.1. The third-order valence-electron chi connectivity index (χ3n) is 4.57. The number of urea groups is 1. The maximum Gasteiger partial charge on any atom is 0.321 e. The maximum atomic E-state index is 12.6. The van der Waals surface area contributed by atoms with Crippen molar-refractivity contribution in [2.75, 3.05) is 25.0 Å². The summed E-state index contributed by atoms with van der Waals surface area (Å²) in [5, 5.41) is 7.52. The molecule has 0 aliphatic carbocycles. The van der Waals surface area contributed by atoms with Crippen LogP contribution in [0.5, 0.6) is 0 Å². The SMILES string of the molecule is CCCO[C@@H]1CCCN(C(=O)Nc2cccc(-n3nc(C)cc3C)c2)C1. The summed E-state index contributed by atoms with van der Waals surface area (Å²) < 4.78 is 7.71. The van der Waals surface area contributed by atoms with Gasteiger partial charge >= 0.3 is 6.03 Å². The van der Waals surface area contributed by atoms with Gasteiger partial charge in [-0.1, -0.05) is 13.0 Å². The van der Waals surface area contributed by atoms with Gasteiger partial charge in [-0.25, -0.2) is 9.48 Å². The Morgan fingerprint density at radius 2 is 2.19 bits per heavy atom. The minimum absolute atomic E-state index is 0.0692. The fourth-order valence-electron chi connectivity index (χ4n) is 3.35. The third-order valence-corrected chi connectivity index (χ3v) is 4.57. The molecule has 6 nitrogen and oxygen atoms in total. The molecular formula is C20H28N4O2. The van der Waals surface area contributed by atoms with E-state index in [0.29, 0.717) is 6.54 Å². The van der Waals surface area contributed by atoms with Gasteiger partial charge in [0.25, 0.3) is 0 Å². The minimum Gasteiger partial charge on any atom is -0.376 e. The first-order valence-electron chi connectivity index (χ1n) is 9.38. The molecule has 2 amide bonds. The second kappa shape index (κ2) is 8.36. The summed E-state index contributed by atoms with van der Waals surface area (Å²) in [6, 6.07) is 9.75. The average Bonchev–Trinajstić information content (AvgIpc) is 2.98. The fourth-order valence-corrected chi connectivity index (χ4v) is 3.35. The van der Waals surface area contributed by atoms with E-state index in [4.69, 9.17) is 4.74 Å². The van der Waals surface area contributed by atoms with E-state index in [2.05, 4.69) is 17.3 Å². The number of hydrogen-bond acceptors (Lipinski definition) is 3. The predicted molar refractivity (Wildman–Crippen MR) is 103 cm³/mol. The zero-order valence-corrected chi connectivity index (χ0v) is 15.9. The summed E-state index contributed by atoms with van der Waals surface area (Å²) in [6.07, 6.45) is 3.16. The number of rotatable bonds is 5. The fraction of sp³-hybridized carbons (Fsp3) is 0.500. The number of aryl methyl sites for hydroxylation is 2. The van der Waals surface area contributed by atoms with E-state index < -0.39 is 0 Å². The van der Waals surface area contributed by atoms with Gasteiger partial charge in [-0.05, 0) is 57.4 Å². The summed E-state index contributed by atoms with van der Waals surface area (Å²) in [5.41, 5.74) is 3.76. The number of anilines is 1. The van der Waals surface area contributed by atoms with Gasteiger partial charge in [0.15, 0.2) is 0 Å². The van der Waals surface area contributed by atoms with Gasteiger partial charge in [0.05, 0.1) is 17.5 Å². The highest BCUT2D eigenvalue weighted by Crippen LogP contribution is 2.19. The number of benzene rings is 1. The van der Waals surface area contributed by atoms with Crippen molar-refractivity contribution in [3.05, 3.63) is 41.7 Å². The zero-order valence-electron chi connectivity index (χ0n) is 15.9. The van der Waals surface area contributed by atoms with E-state index >= 15 is 0 Å². The van der Waals surface area contributed by atoms with Gasteiger partial charge in [0.1, 0.15) is 0 Å². The standard InChI is InChI=1S/C20H28N4O2/c1-4-11-26-19-9-6-10-23(14-19)20(25)21-17-7-5-8-18(13-17)24-16(3)12-15(2)22-24/h5,7-8,12-13,19H,4,6,9-11,14H2,1-3H3,(H,21,25)/t19-/m1/s1. The van der Waals surface area contributed by atoms with Crippen LogP contribution < -0.4 is 5.32 Å². The second-order valence-corrected chi connectivity index (χ2v) is 6.90. The summed E-state index contributed by atoms with van der Waals surface area (Å²) in [6.45, 7) is 8.28. The smallest absolute Gasteiger partial charge is 0.321 e. The van der Waals surface area contributed by atoms with Gasteiger partial charge in [0.2, 0.25) is 0 Å². The van der Waals surface area contributed by atoms with Crippen molar-refractivity contribution < 1.29 is 9.53 Å². The molecule has 0 radical (unpaired) electrons. The van der Waals surface area contributed by atoms with Crippen LogP contribution in [0.15, 0.2) is 30.3 Å². The van der Waals surface area contributed by atoms with Crippen LogP contribution in [0.4, 0.5) is 10.5 Å². The molecule has 0 spiro atoms. The normalized spacial score (nSPS) is 17.3. The lowest BCUT2D eigenvalue weighted by molar-refractivity contribution is 0.0115. The van der Waals surface area contributed by atoms with E-state index in [0.717, 1.165) is 55.2 Å². The molecule has 1 N–H and O–H groups in total. The number of nitrogens with zero attached hydrogens (tertiary/aromatic N) is 3. The number of nitrogens with one attached hydrogen (secondary N) is 1. The molecule has 0 saturated carbocycles. The largest absolute Gasteiger partial charge is 0.376 e. The lowest BCUT2D eigenvalue weighted by Gasteiger charge is -2.32. The molecule has 2 aromatic rings. The summed E-state index contributed by atoms with van der Waals surface area (Å²) >= 11 is 0. The number of hydrogen-bond donors (Lipinski definition) is 1. The zero-order chi connectivity index (χ0) is 18.5. The van der Waals surface area contributed by atoms with Gasteiger partial charge in [-0.2, -0.15) is 5.10 Å². The number of carbonyl (C=O) groups is 1. The number of carbonyl (C=O) groups excluding carboxylic acids is 1. The van der Waals surface area contributed by atoms with E-state index in [1.54, 1.807) is 0 Å². The Morgan fingerprint density at radius 3 is 2.92 bits per heavy atom. The molecule has 1 aliphatic heterocycles. The molecule has 1 aromatic heterocycles. The Hall–Kier alpha value is -2.34. The van der Waals surface area contributed by atoms with Crippen molar-refractivity contribution in [1.82, 2.24) is 14.7 Å². The molecule has 1 fully saturated rings. The van der Waals surface area contributed by atoms with E-state index in [-0.39, 0.29) is 12.1 Å². The quantitative estimate of drug-likeness (QED) is 0.883. The Balaban J connectivity index is 1.66. The third kappa shape index (κ3) is 4.43. The monoisotopic (exact) mass is 356 g/mol. The van der Waals surface area contributed by atoms with Crippen molar-refractivity contribution in [2.45, 2.75) is 46.1 Å². The van der Waals surface area contributed by atoms with Crippen LogP contribution >= 0.6 is 0 Å². The van der Waals surface area contributed by atoms with Crippen LogP contribution in [0.3, 0.4) is 0 Å². The van der Waals surface area contributed by atoms with Crippen LogP contribution in [0.25, 0.3) is 5.69 Å². The first-order chi connectivity index (χ1) is 12.6. The van der Waals surface area contributed by atoms with Crippen molar-refractivity contribution >= 4 is 11.7 Å². The second-order valence-electron chi connectivity index (χ2n) is 6.90. The first-order valence-corrected chi connectivity index (χ1v) is 9.38. The Bertz CT molecular complexity index is 756. The van der Waals surface area contributed by atoms with Gasteiger partial charge in [-0.3, -0.25) is 0 Å². The van der Waals surface area contributed by atoms with Crippen molar-refractivity contribution in [3.8, 4) is 5.69 Å². The van der Waals surface area contributed by atoms with Crippen LogP contribution in [0.2, 0.25) is 0 Å². The molecule has 3 rings (SSSR count). The highest BCUT2D eigenvalue weighted by molar-refractivity contribution is 5.89. The maximum absolute atomic E-state index is 12.6. The molecule has 1 aromatic carbocycles. The van der Waals surface area contributed by atoms with Crippen molar-refractivity contribution in [1.29, 1.82) is 0 Å². The average molecular weight is 356 g/mol. The molecule has 26 heavy (non-hydrogen) atoms. The molecule has 0 unspecified atom stereocenters. The van der Waals surface area contributed by atoms with Crippen molar-refractivity contribution in [3.63, 3.8) is 0 Å². The lowest BCUT2D eigenvalue weighted by Crippen LogP contribution is -2.45.